The van der Waals surface area contributed by atoms with Crippen molar-refractivity contribution in [3.8, 4) is 11.8 Å². The van der Waals surface area contributed by atoms with Crippen molar-refractivity contribution in [2.24, 2.45) is 0 Å². The van der Waals surface area contributed by atoms with Gasteiger partial charge in [0.2, 0.25) is 0 Å². The molecule has 35 heavy (non-hydrogen) atoms. The molecule has 176 valence electrons. The maximum absolute atomic E-state index is 13.2. The van der Waals surface area contributed by atoms with Crippen LogP contribution in [0, 0.1) is 25.2 Å². The van der Waals surface area contributed by atoms with Gasteiger partial charge in [-0.05, 0) is 61.9 Å². The fourth-order valence-corrected chi connectivity index (χ4v) is 5.19. The molecule has 1 amide bonds. The summed E-state index contributed by atoms with van der Waals surface area (Å²) in [5.74, 6) is 0.692. The maximum Gasteiger partial charge on any atom is 0.261 e. The first-order valence-electron chi connectivity index (χ1n) is 10.8. The van der Waals surface area contributed by atoms with Gasteiger partial charge in [-0.25, -0.2) is 13.4 Å². The van der Waals surface area contributed by atoms with Crippen molar-refractivity contribution in [3.63, 3.8) is 0 Å². The lowest BCUT2D eigenvalue weighted by atomic mass is 10.1. The zero-order valence-corrected chi connectivity index (χ0v) is 19.8. The van der Waals surface area contributed by atoms with Crippen LogP contribution in [0.25, 0.3) is 10.9 Å². The number of fused-ring (bicyclic) bond motifs is 2. The van der Waals surface area contributed by atoms with Crippen LogP contribution >= 0.6 is 0 Å². The van der Waals surface area contributed by atoms with Gasteiger partial charge in [0.25, 0.3) is 15.9 Å². The minimum atomic E-state index is -3.95. The Bertz CT molecular complexity index is 1620. The molecule has 1 aliphatic rings. The Morgan fingerprint density at radius 2 is 1.91 bits per heavy atom. The van der Waals surface area contributed by atoms with Gasteiger partial charge in [-0.2, -0.15) is 5.26 Å². The Morgan fingerprint density at radius 3 is 2.66 bits per heavy atom. The van der Waals surface area contributed by atoms with Crippen molar-refractivity contribution in [1.29, 1.82) is 5.26 Å². The highest BCUT2D eigenvalue weighted by Crippen LogP contribution is 2.32. The highest BCUT2D eigenvalue weighted by molar-refractivity contribution is 7.92. The number of aromatic nitrogens is 2. The Balaban J connectivity index is 1.42. The molecule has 0 saturated carbocycles. The summed E-state index contributed by atoms with van der Waals surface area (Å²) in [4.78, 5) is 22.1. The lowest BCUT2D eigenvalue weighted by Crippen LogP contribution is -2.38. The van der Waals surface area contributed by atoms with Crippen LogP contribution in [0.3, 0.4) is 0 Å². The number of pyridine rings is 1. The van der Waals surface area contributed by atoms with Gasteiger partial charge in [-0.3, -0.25) is 14.4 Å². The molecule has 10 heteroatoms. The Hall–Kier alpha value is -4.36. The van der Waals surface area contributed by atoms with Crippen molar-refractivity contribution < 1.29 is 17.9 Å². The second-order valence-electron chi connectivity index (χ2n) is 8.20. The number of nitrogens with zero attached hydrogens (tertiary/aromatic N) is 3. The average Bonchev–Trinajstić information content (AvgIpc) is 3.30. The number of hydrogen-bond donors (Lipinski definition) is 2. The number of H-pyrrole nitrogens is 1. The third kappa shape index (κ3) is 3.96. The molecule has 0 atom stereocenters. The highest BCUT2D eigenvalue weighted by Gasteiger charge is 2.27. The van der Waals surface area contributed by atoms with Gasteiger partial charge in [0.15, 0.2) is 11.6 Å². The van der Waals surface area contributed by atoms with Crippen LogP contribution in [0.5, 0.6) is 5.75 Å². The standard InChI is InChI=1S/C25H21N5O4S/c1-15-3-9-20(23-22(15)18(13-26)14-27-23)29-35(32,33)19-7-5-17(6-8-19)25(31)30-11-12-34-21-10-4-16(2)28-24(21)30/h3-10,14,27,29H,11-12H2,1-2H3. The predicted octanol–water partition coefficient (Wildman–Crippen LogP) is 3.89. The molecule has 2 N–H and O–H groups in total. The molecule has 0 spiro atoms. The number of anilines is 2. The van der Waals surface area contributed by atoms with Gasteiger partial charge >= 0.3 is 0 Å². The second kappa shape index (κ2) is 8.45. The fraction of sp³-hybridized carbons (Fsp3) is 0.160. The lowest BCUT2D eigenvalue weighted by molar-refractivity contribution is 0.0975. The topological polar surface area (TPSA) is 128 Å². The zero-order chi connectivity index (χ0) is 24.7. The lowest BCUT2D eigenvalue weighted by Gasteiger charge is -2.28. The number of rotatable bonds is 4. The van der Waals surface area contributed by atoms with E-state index >= 15 is 0 Å². The van der Waals surface area contributed by atoms with E-state index in [4.69, 9.17) is 4.74 Å². The van der Waals surface area contributed by atoms with Gasteiger partial charge in [0, 0.05) is 22.8 Å². The molecule has 0 radical (unpaired) electrons. The van der Waals surface area contributed by atoms with Gasteiger partial charge in [-0.15, -0.1) is 0 Å². The molecule has 0 saturated heterocycles. The van der Waals surface area contributed by atoms with Crippen molar-refractivity contribution in [3.05, 3.63) is 77.1 Å². The molecule has 0 bridgehead atoms. The first-order chi connectivity index (χ1) is 16.8. The third-order valence-electron chi connectivity index (χ3n) is 5.87. The SMILES string of the molecule is Cc1ccc2c(n1)N(C(=O)c1ccc(S(=O)(=O)Nc3ccc(C)c4c(C#N)c[nH]c34)cc1)CCO2. The first kappa shape index (κ1) is 22.4. The number of aryl methyl sites for hydroxylation is 2. The number of sulfonamides is 1. The molecule has 3 heterocycles. The smallest absolute Gasteiger partial charge is 0.261 e. The molecular weight excluding hydrogens is 466 g/mol. The number of carbonyl (C=O) groups is 1. The Labute approximate surface area is 202 Å². The Kier molecular flexibility index (Phi) is 5.42. The van der Waals surface area contributed by atoms with Crippen LogP contribution in [-0.4, -0.2) is 37.4 Å². The van der Waals surface area contributed by atoms with Crippen LogP contribution in [0.1, 0.15) is 27.2 Å². The highest BCUT2D eigenvalue weighted by atomic mass is 32.2. The van der Waals surface area contributed by atoms with Crippen LogP contribution < -0.4 is 14.4 Å². The quantitative estimate of drug-likeness (QED) is 0.449. The van der Waals surface area contributed by atoms with Gasteiger partial charge in [0.1, 0.15) is 12.7 Å². The van der Waals surface area contributed by atoms with Gasteiger partial charge in [-0.1, -0.05) is 6.07 Å². The van der Waals surface area contributed by atoms with Gasteiger partial charge < -0.3 is 9.72 Å². The molecular formula is C25H21N5O4S. The van der Waals surface area contributed by atoms with Crippen LogP contribution in [0.15, 0.2) is 59.6 Å². The van der Waals surface area contributed by atoms with E-state index in [1.807, 2.05) is 19.9 Å². The number of ether oxygens (including phenoxy) is 1. The monoisotopic (exact) mass is 487 g/mol. The summed E-state index contributed by atoms with van der Waals surface area (Å²) in [6.45, 7) is 4.38. The third-order valence-corrected chi connectivity index (χ3v) is 7.25. The summed E-state index contributed by atoms with van der Waals surface area (Å²) in [5, 5.41) is 10.0. The minimum Gasteiger partial charge on any atom is -0.488 e. The number of nitrogens with one attached hydrogen (secondary N) is 2. The average molecular weight is 488 g/mol. The van der Waals surface area contributed by atoms with Crippen molar-refractivity contribution in [2.45, 2.75) is 18.7 Å². The number of hydrogen-bond acceptors (Lipinski definition) is 6. The zero-order valence-electron chi connectivity index (χ0n) is 19.0. The number of nitriles is 1. The van der Waals surface area contributed by atoms with E-state index in [-0.39, 0.29) is 10.8 Å². The van der Waals surface area contributed by atoms with Crippen LogP contribution in [-0.2, 0) is 10.0 Å². The van der Waals surface area contributed by atoms with E-state index in [1.165, 1.54) is 29.2 Å². The normalized spacial score (nSPS) is 13.1. The predicted molar refractivity (Wildman–Crippen MR) is 131 cm³/mol. The molecule has 4 aromatic rings. The molecule has 0 aliphatic carbocycles. The van der Waals surface area contributed by atoms with E-state index in [9.17, 15) is 18.5 Å². The summed E-state index contributed by atoms with van der Waals surface area (Å²) >= 11 is 0. The molecule has 1 aliphatic heterocycles. The minimum absolute atomic E-state index is 0.00573. The van der Waals surface area contributed by atoms with Crippen molar-refractivity contribution in [1.82, 2.24) is 9.97 Å². The fourth-order valence-electron chi connectivity index (χ4n) is 4.12. The molecule has 2 aromatic carbocycles. The van der Waals surface area contributed by atoms with Gasteiger partial charge in [0.05, 0.1) is 28.2 Å². The maximum atomic E-state index is 13.2. The summed E-state index contributed by atoms with van der Waals surface area (Å²) in [5.41, 5.74) is 3.26. The summed E-state index contributed by atoms with van der Waals surface area (Å²) < 4.78 is 34.3. The summed E-state index contributed by atoms with van der Waals surface area (Å²) in [6, 6.07) is 14.9. The van der Waals surface area contributed by atoms with Crippen LogP contribution in [0.4, 0.5) is 11.5 Å². The number of aromatic amines is 1. The second-order valence-corrected chi connectivity index (χ2v) is 9.89. The largest absolute Gasteiger partial charge is 0.488 e. The van der Waals surface area contributed by atoms with Crippen LogP contribution in [0.2, 0.25) is 0 Å². The van der Waals surface area contributed by atoms with Crippen molar-refractivity contribution >= 4 is 38.3 Å². The van der Waals surface area contributed by atoms with E-state index in [0.29, 0.717) is 52.4 Å². The summed E-state index contributed by atoms with van der Waals surface area (Å²) in [6.07, 6.45) is 1.55. The molecule has 9 nitrogen and oxygen atoms in total. The van der Waals surface area contributed by atoms with Crippen molar-refractivity contribution in [2.75, 3.05) is 22.8 Å². The first-order valence-corrected chi connectivity index (χ1v) is 12.3. The Morgan fingerprint density at radius 1 is 1.14 bits per heavy atom. The molecule has 0 fully saturated rings. The summed E-state index contributed by atoms with van der Waals surface area (Å²) in [7, 11) is -3.95. The number of benzene rings is 2. The molecule has 5 rings (SSSR count). The van der Waals surface area contributed by atoms with E-state index < -0.39 is 10.0 Å². The van der Waals surface area contributed by atoms with E-state index in [2.05, 4.69) is 20.8 Å². The van der Waals surface area contributed by atoms with E-state index in [1.54, 1.807) is 24.4 Å². The number of carbonyl (C=O) groups excluding carboxylic acids is 1. The van der Waals surface area contributed by atoms with E-state index in [0.717, 1.165) is 11.3 Å². The number of amides is 1. The molecule has 2 aromatic heterocycles. The molecule has 0 unspecified atom stereocenters.